The molecule has 0 saturated heterocycles. The largest absolute Gasteiger partial charge is 0.497 e. The molecule has 1 amide bonds. The Balaban J connectivity index is 2.61. The van der Waals surface area contributed by atoms with E-state index in [1.807, 2.05) is 0 Å². The molecule has 1 aromatic carbocycles. The van der Waals surface area contributed by atoms with E-state index in [4.69, 9.17) is 9.47 Å². The standard InChI is InChI=1S/C13H17NO4/c1-13(2,3)18-12(16)11(15)14-9-5-7-10(17-4)8-6-9/h5-8H,1-4H3,(H,14,15). The fraction of sp³-hybridized carbons (Fsp3) is 0.385. The number of anilines is 1. The van der Waals surface area contributed by atoms with Gasteiger partial charge in [0.15, 0.2) is 0 Å². The topological polar surface area (TPSA) is 64.6 Å². The maximum absolute atomic E-state index is 11.5. The third-order valence-corrected chi connectivity index (χ3v) is 1.93. The lowest BCUT2D eigenvalue weighted by atomic mass is 10.2. The summed E-state index contributed by atoms with van der Waals surface area (Å²) in [4.78, 5) is 23.0. The molecule has 1 aromatic rings. The molecule has 1 rings (SSSR count). The predicted octanol–water partition coefficient (Wildman–Crippen LogP) is 1.98. The molecule has 0 aliphatic rings. The highest BCUT2D eigenvalue weighted by Gasteiger charge is 2.22. The van der Waals surface area contributed by atoms with Crippen molar-refractivity contribution in [3.05, 3.63) is 24.3 Å². The first-order chi connectivity index (χ1) is 8.31. The van der Waals surface area contributed by atoms with Gasteiger partial charge in [-0.3, -0.25) is 4.79 Å². The van der Waals surface area contributed by atoms with Crippen LogP contribution in [0.15, 0.2) is 24.3 Å². The van der Waals surface area contributed by atoms with Crippen LogP contribution in [0.2, 0.25) is 0 Å². The van der Waals surface area contributed by atoms with Crippen LogP contribution in [0.25, 0.3) is 0 Å². The molecular formula is C13H17NO4. The minimum atomic E-state index is -0.904. The number of nitrogens with one attached hydrogen (secondary N) is 1. The van der Waals surface area contributed by atoms with E-state index >= 15 is 0 Å². The van der Waals surface area contributed by atoms with E-state index in [1.165, 1.54) is 0 Å². The Hall–Kier alpha value is -2.04. The normalized spacial score (nSPS) is 10.7. The van der Waals surface area contributed by atoms with Gasteiger partial charge in [-0.05, 0) is 45.0 Å². The van der Waals surface area contributed by atoms with Gasteiger partial charge in [0.1, 0.15) is 11.4 Å². The van der Waals surface area contributed by atoms with Crippen LogP contribution >= 0.6 is 0 Å². The third kappa shape index (κ3) is 4.45. The summed E-state index contributed by atoms with van der Waals surface area (Å²) < 4.78 is 9.92. The number of carbonyl (C=O) groups excluding carboxylic acids is 2. The SMILES string of the molecule is COc1ccc(NC(=O)C(=O)OC(C)(C)C)cc1. The Morgan fingerprint density at radius 3 is 2.11 bits per heavy atom. The van der Waals surface area contributed by atoms with Crippen molar-refractivity contribution in [2.45, 2.75) is 26.4 Å². The van der Waals surface area contributed by atoms with Crippen molar-refractivity contribution in [2.24, 2.45) is 0 Å². The van der Waals surface area contributed by atoms with Gasteiger partial charge in [0, 0.05) is 5.69 Å². The fourth-order valence-corrected chi connectivity index (χ4v) is 1.18. The molecule has 98 valence electrons. The number of hydrogen-bond acceptors (Lipinski definition) is 4. The molecule has 0 heterocycles. The highest BCUT2D eigenvalue weighted by molar-refractivity contribution is 6.37. The van der Waals surface area contributed by atoms with E-state index in [0.29, 0.717) is 11.4 Å². The van der Waals surface area contributed by atoms with Crippen LogP contribution < -0.4 is 10.1 Å². The Kier molecular flexibility index (Phi) is 4.31. The number of methoxy groups -OCH3 is 1. The molecule has 0 fully saturated rings. The average molecular weight is 251 g/mol. The predicted molar refractivity (Wildman–Crippen MR) is 67.5 cm³/mol. The summed E-state index contributed by atoms with van der Waals surface area (Å²) in [5, 5.41) is 2.45. The van der Waals surface area contributed by atoms with Crippen molar-refractivity contribution in [3.63, 3.8) is 0 Å². The Bertz CT molecular complexity index is 431. The van der Waals surface area contributed by atoms with Gasteiger partial charge in [-0.1, -0.05) is 0 Å². The van der Waals surface area contributed by atoms with Gasteiger partial charge in [-0.25, -0.2) is 4.79 Å². The second-order valence-corrected chi connectivity index (χ2v) is 4.68. The maximum Gasteiger partial charge on any atom is 0.397 e. The summed E-state index contributed by atoms with van der Waals surface area (Å²) in [5.41, 5.74) is -0.180. The number of rotatable bonds is 2. The van der Waals surface area contributed by atoms with Crippen LogP contribution in [-0.4, -0.2) is 24.6 Å². The molecule has 18 heavy (non-hydrogen) atoms. The summed E-state index contributed by atoms with van der Waals surface area (Å²) in [5.74, 6) is -1.03. The van der Waals surface area contributed by atoms with Crippen LogP contribution in [-0.2, 0) is 14.3 Å². The molecule has 0 atom stereocenters. The van der Waals surface area contributed by atoms with Crippen LogP contribution in [0.4, 0.5) is 5.69 Å². The molecule has 0 aromatic heterocycles. The summed E-state index contributed by atoms with van der Waals surface area (Å²) in [7, 11) is 1.55. The molecule has 0 spiro atoms. The molecule has 0 aliphatic carbocycles. The number of amides is 1. The zero-order chi connectivity index (χ0) is 13.8. The van der Waals surface area contributed by atoms with Crippen LogP contribution in [0.1, 0.15) is 20.8 Å². The van der Waals surface area contributed by atoms with E-state index in [2.05, 4.69) is 5.32 Å². The van der Waals surface area contributed by atoms with E-state index in [0.717, 1.165) is 0 Å². The van der Waals surface area contributed by atoms with Gasteiger partial charge < -0.3 is 14.8 Å². The van der Waals surface area contributed by atoms with Crippen molar-refractivity contribution >= 4 is 17.6 Å². The Morgan fingerprint density at radius 2 is 1.67 bits per heavy atom. The number of benzene rings is 1. The molecule has 1 N–H and O–H groups in total. The van der Waals surface area contributed by atoms with Crippen LogP contribution in [0, 0.1) is 0 Å². The summed E-state index contributed by atoms with van der Waals surface area (Å²) in [6, 6.07) is 6.65. The zero-order valence-corrected chi connectivity index (χ0v) is 10.9. The second kappa shape index (κ2) is 5.53. The smallest absolute Gasteiger partial charge is 0.397 e. The summed E-state index contributed by atoms with van der Waals surface area (Å²) >= 11 is 0. The zero-order valence-electron chi connectivity index (χ0n) is 10.9. The van der Waals surface area contributed by atoms with Crippen molar-refractivity contribution in [3.8, 4) is 5.75 Å². The number of carbonyl (C=O) groups is 2. The Morgan fingerprint density at radius 1 is 1.11 bits per heavy atom. The molecule has 0 aliphatic heterocycles. The number of hydrogen-bond donors (Lipinski definition) is 1. The number of ether oxygens (including phenoxy) is 2. The van der Waals surface area contributed by atoms with Gasteiger partial charge in [0.2, 0.25) is 0 Å². The molecule has 0 bridgehead atoms. The minimum Gasteiger partial charge on any atom is -0.497 e. The van der Waals surface area contributed by atoms with E-state index in [-0.39, 0.29) is 0 Å². The van der Waals surface area contributed by atoms with E-state index < -0.39 is 17.5 Å². The monoisotopic (exact) mass is 251 g/mol. The molecule has 5 heteroatoms. The van der Waals surface area contributed by atoms with Crippen molar-refractivity contribution < 1.29 is 19.1 Å². The van der Waals surface area contributed by atoms with Gasteiger partial charge in [0.25, 0.3) is 0 Å². The van der Waals surface area contributed by atoms with Crippen molar-refractivity contribution in [1.29, 1.82) is 0 Å². The van der Waals surface area contributed by atoms with Gasteiger partial charge >= 0.3 is 11.9 Å². The summed E-state index contributed by atoms with van der Waals surface area (Å²) in [6.07, 6.45) is 0. The molecule has 0 unspecified atom stereocenters. The number of esters is 1. The minimum absolute atomic E-state index is 0.506. The highest BCUT2D eigenvalue weighted by atomic mass is 16.6. The quantitative estimate of drug-likeness (QED) is 0.644. The van der Waals surface area contributed by atoms with Crippen molar-refractivity contribution in [1.82, 2.24) is 0 Å². The van der Waals surface area contributed by atoms with Gasteiger partial charge in [-0.15, -0.1) is 0 Å². The van der Waals surface area contributed by atoms with Crippen LogP contribution in [0.3, 0.4) is 0 Å². The Labute approximate surface area is 106 Å². The fourth-order valence-electron chi connectivity index (χ4n) is 1.18. The second-order valence-electron chi connectivity index (χ2n) is 4.68. The first kappa shape index (κ1) is 14.0. The van der Waals surface area contributed by atoms with E-state index in [1.54, 1.807) is 52.1 Å². The van der Waals surface area contributed by atoms with Crippen molar-refractivity contribution in [2.75, 3.05) is 12.4 Å². The summed E-state index contributed by atoms with van der Waals surface area (Å²) in [6.45, 7) is 5.10. The lowest BCUT2D eigenvalue weighted by Crippen LogP contribution is -2.32. The third-order valence-electron chi connectivity index (χ3n) is 1.93. The average Bonchev–Trinajstić information content (AvgIpc) is 2.27. The van der Waals surface area contributed by atoms with Crippen LogP contribution in [0.5, 0.6) is 5.75 Å². The first-order valence-corrected chi connectivity index (χ1v) is 5.50. The molecular weight excluding hydrogens is 234 g/mol. The molecule has 0 saturated carbocycles. The maximum atomic E-state index is 11.5. The molecule has 5 nitrogen and oxygen atoms in total. The highest BCUT2D eigenvalue weighted by Crippen LogP contribution is 2.15. The lowest BCUT2D eigenvalue weighted by Gasteiger charge is -2.18. The van der Waals surface area contributed by atoms with Gasteiger partial charge in [0.05, 0.1) is 7.11 Å². The molecule has 0 radical (unpaired) electrons. The first-order valence-electron chi connectivity index (χ1n) is 5.50. The van der Waals surface area contributed by atoms with E-state index in [9.17, 15) is 9.59 Å². The lowest BCUT2D eigenvalue weighted by molar-refractivity contribution is -0.161. The van der Waals surface area contributed by atoms with Gasteiger partial charge in [-0.2, -0.15) is 0 Å².